The van der Waals surface area contributed by atoms with Crippen molar-refractivity contribution in [2.24, 2.45) is 0 Å². The van der Waals surface area contributed by atoms with E-state index in [9.17, 15) is 9.59 Å². The van der Waals surface area contributed by atoms with E-state index < -0.39 is 12.0 Å². The molecule has 2 aromatic rings. The van der Waals surface area contributed by atoms with Crippen molar-refractivity contribution in [1.82, 2.24) is 9.97 Å². The maximum absolute atomic E-state index is 12.3. The summed E-state index contributed by atoms with van der Waals surface area (Å²) in [6.45, 7) is 1.91. The lowest BCUT2D eigenvalue weighted by molar-refractivity contribution is -0.134. The third-order valence-corrected chi connectivity index (χ3v) is 3.35. The summed E-state index contributed by atoms with van der Waals surface area (Å²) < 4.78 is 4.51. The molecule has 0 aliphatic rings. The Hall–Kier alpha value is -3.22. The van der Waals surface area contributed by atoms with E-state index in [2.05, 4.69) is 25.3 Å². The third kappa shape index (κ3) is 5.72. The van der Waals surface area contributed by atoms with Gasteiger partial charge >= 0.3 is 5.97 Å². The van der Waals surface area contributed by atoms with Crippen molar-refractivity contribution in [3.63, 3.8) is 0 Å². The molecule has 1 heterocycles. The van der Waals surface area contributed by atoms with Gasteiger partial charge in [0.15, 0.2) is 0 Å². The Bertz CT molecular complexity index is 730. The summed E-state index contributed by atoms with van der Waals surface area (Å²) in [6.07, 6.45) is 6.37. The summed E-state index contributed by atoms with van der Waals surface area (Å²) >= 11 is 0. The number of carbonyl (C=O) groups excluding carboxylic acids is 2. The maximum Gasteiger partial charge on any atom is 0.330 e. The van der Waals surface area contributed by atoms with E-state index in [0.717, 1.165) is 5.69 Å². The van der Waals surface area contributed by atoms with Gasteiger partial charge in [0.05, 0.1) is 25.2 Å². The van der Waals surface area contributed by atoms with Gasteiger partial charge in [-0.3, -0.25) is 9.78 Å². The molecule has 1 amide bonds. The number of rotatable bonds is 7. The maximum atomic E-state index is 12.3. The number of anilines is 2. The molecule has 1 aromatic carbocycles. The molecule has 2 N–H and O–H groups in total. The summed E-state index contributed by atoms with van der Waals surface area (Å²) in [5, 5.41) is 5.90. The van der Waals surface area contributed by atoms with Gasteiger partial charge in [-0.15, -0.1) is 0 Å². The number of methoxy groups -OCH3 is 1. The molecule has 0 radical (unpaired) electrons. The van der Waals surface area contributed by atoms with Crippen molar-refractivity contribution >= 4 is 29.5 Å². The van der Waals surface area contributed by atoms with E-state index in [1.165, 1.54) is 31.7 Å². The number of aromatic nitrogens is 2. The Morgan fingerprint density at radius 3 is 2.56 bits per heavy atom. The van der Waals surface area contributed by atoms with Crippen molar-refractivity contribution in [1.29, 1.82) is 0 Å². The van der Waals surface area contributed by atoms with Gasteiger partial charge in [-0.1, -0.05) is 25.1 Å². The highest BCUT2D eigenvalue weighted by Crippen LogP contribution is 2.10. The molecule has 7 nitrogen and oxygen atoms in total. The average Bonchev–Trinajstić information content (AvgIpc) is 2.65. The largest absolute Gasteiger partial charge is 0.466 e. The standard InChI is InChI=1S/C18H20N4O3/c1-3-15(18(24)21-13-7-5-4-6-8-13)22-16-12-19-14(11-20-16)9-10-17(23)25-2/h4-12,15H,3H2,1-2H3,(H,20,22)(H,21,24)/b10-9+/t15-/m1/s1. The monoisotopic (exact) mass is 340 g/mol. The Kier molecular flexibility index (Phi) is 6.65. The minimum atomic E-state index is -0.465. The fraction of sp³-hybridized carbons (Fsp3) is 0.222. The van der Waals surface area contributed by atoms with E-state index in [-0.39, 0.29) is 5.91 Å². The van der Waals surface area contributed by atoms with Crippen LogP contribution in [0.5, 0.6) is 0 Å². The van der Waals surface area contributed by atoms with E-state index in [4.69, 9.17) is 0 Å². The lowest BCUT2D eigenvalue weighted by Crippen LogP contribution is -2.34. The second-order valence-electron chi connectivity index (χ2n) is 5.14. The summed E-state index contributed by atoms with van der Waals surface area (Å²) in [6, 6.07) is 8.81. The van der Waals surface area contributed by atoms with Crippen LogP contribution >= 0.6 is 0 Å². The van der Waals surface area contributed by atoms with Crippen LogP contribution in [0.4, 0.5) is 11.5 Å². The number of benzene rings is 1. The van der Waals surface area contributed by atoms with Crippen LogP contribution in [-0.4, -0.2) is 35.0 Å². The number of carbonyl (C=O) groups is 2. The molecule has 0 fully saturated rings. The third-order valence-electron chi connectivity index (χ3n) is 3.35. The Morgan fingerprint density at radius 2 is 1.96 bits per heavy atom. The van der Waals surface area contributed by atoms with Gasteiger partial charge < -0.3 is 15.4 Å². The Balaban J connectivity index is 1.97. The first kappa shape index (κ1) is 18.1. The number of ether oxygens (including phenoxy) is 1. The van der Waals surface area contributed by atoms with Gasteiger partial charge in [-0.2, -0.15) is 0 Å². The first-order chi connectivity index (χ1) is 12.1. The summed E-state index contributed by atoms with van der Waals surface area (Å²) in [5.74, 6) is -0.136. The molecule has 130 valence electrons. The number of hydrogen-bond acceptors (Lipinski definition) is 6. The molecule has 2 rings (SSSR count). The molecule has 25 heavy (non-hydrogen) atoms. The highest BCUT2D eigenvalue weighted by molar-refractivity contribution is 5.96. The van der Waals surface area contributed by atoms with E-state index >= 15 is 0 Å². The van der Waals surface area contributed by atoms with Crippen LogP contribution in [0.2, 0.25) is 0 Å². The van der Waals surface area contributed by atoms with Gasteiger partial charge in [0.1, 0.15) is 11.9 Å². The first-order valence-electron chi connectivity index (χ1n) is 7.83. The van der Waals surface area contributed by atoms with Gasteiger partial charge in [0.2, 0.25) is 5.91 Å². The molecule has 0 saturated heterocycles. The van der Waals surface area contributed by atoms with E-state index in [1.54, 1.807) is 0 Å². The molecule has 0 aliphatic heterocycles. The van der Waals surface area contributed by atoms with Gasteiger partial charge in [-0.25, -0.2) is 9.78 Å². The lowest BCUT2D eigenvalue weighted by atomic mass is 10.2. The minimum absolute atomic E-state index is 0.148. The molecule has 0 saturated carbocycles. The predicted molar refractivity (Wildman–Crippen MR) is 95.9 cm³/mol. The molecular formula is C18H20N4O3. The second kappa shape index (κ2) is 9.17. The molecule has 7 heteroatoms. The average molecular weight is 340 g/mol. The van der Waals surface area contributed by atoms with Gasteiger partial charge in [0.25, 0.3) is 0 Å². The molecule has 1 aromatic heterocycles. The lowest BCUT2D eigenvalue weighted by Gasteiger charge is -2.17. The minimum Gasteiger partial charge on any atom is -0.466 e. The fourth-order valence-electron chi connectivity index (χ4n) is 2.00. The first-order valence-corrected chi connectivity index (χ1v) is 7.83. The summed E-state index contributed by atoms with van der Waals surface area (Å²) in [4.78, 5) is 31.8. The van der Waals surface area contributed by atoms with Crippen molar-refractivity contribution in [2.45, 2.75) is 19.4 Å². The molecule has 0 bridgehead atoms. The van der Waals surface area contributed by atoms with Crippen molar-refractivity contribution in [2.75, 3.05) is 17.7 Å². The van der Waals surface area contributed by atoms with Gasteiger partial charge in [-0.05, 0) is 24.6 Å². The zero-order valence-electron chi connectivity index (χ0n) is 14.1. The summed E-state index contributed by atoms with van der Waals surface area (Å²) in [5.41, 5.74) is 1.25. The highest BCUT2D eigenvalue weighted by Gasteiger charge is 2.16. The van der Waals surface area contributed by atoms with Crippen LogP contribution < -0.4 is 10.6 Å². The van der Waals surface area contributed by atoms with Gasteiger partial charge in [0, 0.05) is 11.8 Å². The molecule has 0 unspecified atom stereocenters. The molecule has 0 spiro atoms. The van der Waals surface area contributed by atoms with E-state index in [1.807, 2.05) is 37.3 Å². The van der Waals surface area contributed by atoms with E-state index in [0.29, 0.717) is 17.9 Å². The van der Waals surface area contributed by atoms with Crippen molar-refractivity contribution < 1.29 is 14.3 Å². The molecule has 0 aliphatic carbocycles. The van der Waals surface area contributed by atoms with Crippen molar-refractivity contribution in [3.8, 4) is 0 Å². The SMILES string of the molecule is CC[C@@H](Nc1cnc(/C=C/C(=O)OC)cn1)C(=O)Nc1ccccc1. The van der Waals surface area contributed by atoms with Crippen LogP contribution in [0.15, 0.2) is 48.8 Å². The molecule has 1 atom stereocenters. The van der Waals surface area contributed by atoms with Crippen LogP contribution in [0.1, 0.15) is 19.0 Å². The van der Waals surface area contributed by atoms with Crippen LogP contribution in [0, 0.1) is 0 Å². The zero-order chi connectivity index (χ0) is 18.1. The Labute approximate surface area is 146 Å². The quantitative estimate of drug-likeness (QED) is 0.594. The summed E-state index contributed by atoms with van der Waals surface area (Å²) in [7, 11) is 1.30. The zero-order valence-corrected chi connectivity index (χ0v) is 14.1. The second-order valence-corrected chi connectivity index (χ2v) is 5.14. The normalized spacial score (nSPS) is 11.8. The topological polar surface area (TPSA) is 93.2 Å². The Morgan fingerprint density at radius 1 is 1.20 bits per heavy atom. The predicted octanol–water partition coefficient (Wildman–Crippen LogP) is 2.49. The van der Waals surface area contributed by atoms with Crippen LogP contribution in [0.25, 0.3) is 6.08 Å². The number of amides is 1. The number of esters is 1. The number of hydrogen-bond donors (Lipinski definition) is 2. The van der Waals surface area contributed by atoms with Crippen LogP contribution in [0.3, 0.4) is 0 Å². The number of para-hydroxylation sites is 1. The smallest absolute Gasteiger partial charge is 0.330 e. The fourth-order valence-corrected chi connectivity index (χ4v) is 2.00. The van der Waals surface area contributed by atoms with Crippen molar-refractivity contribution in [3.05, 3.63) is 54.5 Å². The highest BCUT2D eigenvalue weighted by atomic mass is 16.5. The molecular weight excluding hydrogens is 320 g/mol. The van der Waals surface area contributed by atoms with Crippen LogP contribution in [-0.2, 0) is 14.3 Å². The number of nitrogens with one attached hydrogen (secondary N) is 2. The number of nitrogens with zero attached hydrogens (tertiary/aromatic N) is 2.